The van der Waals surface area contributed by atoms with Gasteiger partial charge in [-0.1, -0.05) is 15.9 Å². The zero-order chi connectivity index (χ0) is 14.0. The van der Waals surface area contributed by atoms with Crippen molar-refractivity contribution in [2.75, 3.05) is 13.1 Å². The Morgan fingerprint density at radius 2 is 1.74 bits per heavy atom. The molecule has 2 fully saturated rings. The molecule has 0 bridgehead atoms. The van der Waals surface area contributed by atoms with Gasteiger partial charge in [0, 0.05) is 17.9 Å². The predicted molar refractivity (Wildman–Crippen MR) is 77.7 cm³/mol. The van der Waals surface area contributed by atoms with E-state index in [9.17, 15) is 4.79 Å². The third-order valence-electron chi connectivity index (χ3n) is 3.52. The number of hydrogen-bond acceptors (Lipinski definition) is 3. The van der Waals surface area contributed by atoms with Crippen LogP contribution in [0.3, 0.4) is 0 Å². The predicted octanol–water partition coefficient (Wildman–Crippen LogP) is 3.33. The van der Waals surface area contributed by atoms with E-state index in [0.717, 1.165) is 38.8 Å². The first kappa shape index (κ1) is 15.1. The quantitative estimate of drug-likeness (QED) is 0.727. The molecule has 0 aromatic rings. The van der Waals surface area contributed by atoms with Crippen LogP contribution in [0, 0.1) is 0 Å². The topological polar surface area (TPSA) is 38.8 Å². The molecular formula is C14H24BrNO3. The molecule has 110 valence electrons. The molecule has 0 unspecified atom stereocenters. The highest BCUT2D eigenvalue weighted by Gasteiger charge is 2.32. The van der Waals surface area contributed by atoms with E-state index in [2.05, 4.69) is 15.9 Å². The Hall–Kier alpha value is -0.290. The van der Waals surface area contributed by atoms with Gasteiger partial charge < -0.3 is 14.4 Å². The summed E-state index contributed by atoms with van der Waals surface area (Å²) in [7, 11) is 0. The van der Waals surface area contributed by atoms with Gasteiger partial charge in [-0.2, -0.15) is 0 Å². The van der Waals surface area contributed by atoms with Crippen molar-refractivity contribution >= 4 is 22.0 Å². The van der Waals surface area contributed by atoms with Crippen LogP contribution in [0.2, 0.25) is 0 Å². The van der Waals surface area contributed by atoms with Crippen LogP contribution in [-0.2, 0) is 9.47 Å². The van der Waals surface area contributed by atoms with Gasteiger partial charge >= 0.3 is 6.09 Å². The summed E-state index contributed by atoms with van der Waals surface area (Å²) in [6, 6.07) is 0. The molecular weight excluding hydrogens is 310 g/mol. The number of alkyl halides is 1. The average molecular weight is 334 g/mol. The van der Waals surface area contributed by atoms with Gasteiger partial charge in [0.25, 0.3) is 0 Å². The third-order valence-corrected chi connectivity index (χ3v) is 4.26. The van der Waals surface area contributed by atoms with E-state index < -0.39 is 5.60 Å². The van der Waals surface area contributed by atoms with Crippen molar-refractivity contribution in [1.82, 2.24) is 4.90 Å². The van der Waals surface area contributed by atoms with E-state index in [4.69, 9.17) is 9.47 Å². The molecule has 0 aromatic heterocycles. The van der Waals surface area contributed by atoms with Crippen LogP contribution in [-0.4, -0.2) is 46.7 Å². The van der Waals surface area contributed by atoms with Crippen molar-refractivity contribution in [3.8, 4) is 0 Å². The van der Waals surface area contributed by atoms with Crippen LogP contribution in [0.5, 0.6) is 0 Å². The SMILES string of the molecule is CC(C)(C)OC(=O)N1CCC(OC2CC(Br)C2)CC1. The maximum Gasteiger partial charge on any atom is 0.410 e. The molecule has 2 aliphatic rings. The molecule has 0 N–H and O–H groups in total. The monoisotopic (exact) mass is 333 g/mol. The lowest BCUT2D eigenvalue weighted by Crippen LogP contribution is -2.45. The second-order valence-corrected chi connectivity index (χ2v) is 7.79. The number of ether oxygens (including phenoxy) is 2. The number of piperidine rings is 1. The van der Waals surface area contributed by atoms with Crippen LogP contribution in [0.15, 0.2) is 0 Å². The smallest absolute Gasteiger partial charge is 0.410 e. The Bertz CT molecular complexity index is 315. The second kappa shape index (κ2) is 6.00. The largest absolute Gasteiger partial charge is 0.444 e. The molecule has 0 radical (unpaired) electrons. The average Bonchev–Trinajstić information content (AvgIpc) is 2.25. The van der Waals surface area contributed by atoms with Gasteiger partial charge in [-0.3, -0.25) is 0 Å². The van der Waals surface area contributed by atoms with E-state index in [1.807, 2.05) is 20.8 Å². The van der Waals surface area contributed by atoms with Crippen molar-refractivity contribution in [2.24, 2.45) is 0 Å². The van der Waals surface area contributed by atoms with Gasteiger partial charge in [-0.05, 0) is 46.5 Å². The summed E-state index contributed by atoms with van der Waals surface area (Å²) in [4.78, 5) is 14.3. The molecule has 1 heterocycles. The Kier molecular flexibility index (Phi) is 4.77. The molecule has 1 aliphatic heterocycles. The van der Waals surface area contributed by atoms with Crippen LogP contribution < -0.4 is 0 Å². The lowest BCUT2D eigenvalue weighted by atomic mass is 9.95. The van der Waals surface area contributed by atoms with Crippen molar-refractivity contribution < 1.29 is 14.3 Å². The summed E-state index contributed by atoms with van der Waals surface area (Å²) >= 11 is 3.57. The van der Waals surface area contributed by atoms with Crippen LogP contribution >= 0.6 is 15.9 Å². The number of carbonyl (C=O) groups excluding carboxylic acids is 1. The number of likely N-dealkylation sites (tertiary alicyclic amines) is 1. The fraction of sp³-hybridized carbons (Fsp3) is 0.929. The summed E-state index contributed by atoms with van der Waals surface area (Å²) < 4.78 is 11.4. The normalized spacial score (nSPS) is 28.9. The molecule has 19 heavy (non-hydrogen) atoms. The molecule has 1 amide bonds. The van der Waals surface area contributed by atoms with E-state index in [-0.39, 0.29) is 6.09 Å². The first-order chi connectivity index (χ1) is 8.83. The Morgan fingerprint density at radius 1 is 1.16 bits per heavy atom. The molecule has 4 nitrogen and oxygen atoms in total. The fourth-order valence-corrected chi connectivity index (χ4v) is 3.22. The fourth-order valence-electron chi connectivity index (χ4n) is 2.39. The minimum atomic E-state index is -0.415. The molecule has 1 aliphatic carbocycles. The van der Waals surface area contributed by atoms with E-state index in [0.29, 0.717) is 17.0 Å². The highest BCUT2D eigenvalue weighted by atomic mass is 79.9. The first-order valence-electron chi connectivity index (χ1n) is 7.11. The number of carbonyl (C=O) groups is 1. The van der Waals surface area contributed by atoms with E-state index in [1.165, 1.54) is 0 Å². The summed E-state index contributed by atoms with van der Waals surface area (Å²) in [6.07, 6.45) is 4.60. The Labute approximate surface area is 123 Å². The van der Waals surface area contributed by atoms with Crippen molar-refractivity contribution in [3.63, 3.8) is 0 Å². The zero-order valence-corrected chi connectivity index (χ0v) is 13.6. The van der Waals surface area contributed by atoms with Gasteiger partial charge in [0.15, 0.2) is 0 Å². The third kappa shape index (κ3) is 4.63. The lowest BCUT2D eigenvalue weighted by Gasteiger charge is -2.38. The molecule has 0 spiro atoms. The molecule has 5 heteroatoms. The minimum absolute atomic E-state index is 0.199. The maximum absolute atomic E-state index is 11.9. The van der Waals surface area contributed by atoms with Crippen LogP contribution in [0.25, 0.3) is 0 Å². The van der Waals surface area contributed by atoms with Crippen molar-refractivity contribution in [1.29, 1.82) is 0 Å². The van der Waals surface area contributed by atoms with Crippen molar-refractivity contribution in [3.05, 3.63) is 0 Å². The number of nitrogens with zero attached hydrogens (tertiary/aromatic N) is 1. The number of amides is 1. The molecule has 0 atom stereocenters. The standard InChI is InChI=1S/C14H24BrNO3/c1-14(2,3)19-13(17)16-6-4-11(5-7-16)18-12-8-10(15)9-12/h10-12H,4-9H2,1-3H3. The Morgan fingerprint density at radius 3 is 2.21 bits per heavy atom. The van der Waals surface area contributed by atoms with Gasteiger partial charge in [-0.15, -0.1) is 0 Å². The van der Waals surface area contributed by atoms with Crippen LogP contribution in [0.1, 0.15) is 46.5 Å². The minimum Gasteiger partial charge on any atom is -0.444 e. The second-order valence-electron chi connectivity index (χ2n) is 6.49. The summed E-state index contributed by atoms with van der Waals surface area (Å²) in [5, 5.41) is 0. The highest BCUT2D eigenvalue weighted by molar-refractivity contribution is 9.09. The zero-order valence-electron chi connectivity index (χ0n) is 12.0. The van der Waals surface area contributed by atoms with Gasteiger partial charge in [0.1, 0.15) is 5.60 Å². The van der Waals surface area contributed by atoms with Gasteiger partial charge in [0.05, 0.1) is 12.2 Å². The van der Waals surface area contributed by atoms with E-state index >= 15 is 0 Å². The van der Waals surface area contributed by atoms with Gasteiger partial charge in [0.2, 0.25) is 0 Å². The summed E-state index contributed by atoms with van der Waals surface area (Å²) in [5.41, 5.74) is -0.415. The van der Waals surface area contributed by atoms with Gasteiger partial charge in [-0.25, -0.2) is 4.79 Å². The van der Waals surface area contributed by atoms with Crippen molar-refractivity contribution in [2.45, 2.75) is 69.1 Å². The Balaban J connectivity index is 1.68. The molecule has 1 saturated heterocycles. The molecule has 2 rings (SSSR count). The highest BCUT2D eigenvalue weighted by Crippen LogP contribution is 2.32. The molecule has 1 saturated carbocycles. The van der Waals surface area contributed by atoms with Crippen LogP contribution in [0.4, 0.5) is 4.79 Å². The summed E-state index contributed by atoms with van der Waals surface area (Å²) in [5.74, 6) is 0. The molecule has 0 aromatic carbocycles. The first-order valence-corrected chi connectivity index (χ1v) is 8.02. The van der Waals surface area contributed by atoms with E-state index in [1.54, 1.807) is 4.90 Å². The number of hydrogen-bond donors (Lipinski definition) is 0. The summed E-state index contributed by atoms with van der Waals surface area (Å²) in [6.45, 7) is 7.17. The maximum atomic E-state index is 11.9. The lowest BCUT2D eigenvalue weighted by molar-refractivity contribution is -0.0713. The number of halogens is 1. The number of rotatable bonds is 2.